The third-order valence-corrected chi connectivity index (χ3v) is 3.94. The van der Waals surface area contributed by atoms with Crippen molar-refractivity contribution in [2.45, 2.75) is 37.6 Å². The number of isothiocyanates is 1. The molecule has 2 heterocycles. The molecule has 2 aliphatic rings. The third-order valence-electron chi connectivity index (χ3n) is 3.84. The van der Waals surface area contributed by atoms with Crippen molar-refractivity contribution in [3.8, 4) is 0 Å². The van der Waals surface area contributed by atoms with Crippen molar-refractivity contribution in [1.29, 1.82) is 0 Å². The zero-order valence-electron chi connectivity index (χ0n) is 10.7. The van der Waals surface area contributed by atoms with Crippen molar-refractivity contribution >= 4 is 23.1 Å². The molecule has 0 spiro atoms. The van der Waals surface area contributed by atoms with Crippen LogP contribution in [0.4, 0.5) is 5.69 Å². The summed E-state index contributed by atoms with van der Waals surface area (Å²) in [6.45, 7) is 1.44. The summed E-state index contributed by atoms with van der Waals surface area (Å²) < 4.78 is 7.20. The minimum Gasteiger partial charge on any atom is -0.381 e. The Kier molecular flexibility index (Phi) is 3.60. The van der Waals surface area contributed by atoms with E-state index in [-0.39, 0.29) is 11.6 Å². The fraction of sp³-hybridized carbons (Fsp3) is 0.571. The van der Waals surface area contributed by atoms with E-state index in [2.05, 4.69) is 22.4 Å². The monoisotopic (exact) mass is 276 g/mol. The summed E-state index contributed by atoms with van der Waals surface area (Å²) in [4.78, 5) is 16.3. The van der Waals surface area contributed by atoms with Gasteiger partial charge in [-0.3, -0.25) is 4.79 Å². The van der Waals surface area contributed by atoms with Crippen LogP contribution in [0.2, 0.25) is 0 Å². The van der Waals surface area contributed by atoms with Gasteiger partial charge in [-0.15, -0.1) is 0 Å². The number of pyridine rings is 1. The highest BCUT2D eigenvalue weighted by molar-refractivity contribution is 7.78. The van der Waals surface area contributed by atoms with Gasteiger partial charge in [0.25, 0.3) is 5.56 Å². The van der Waals surface area contributed by atoms with Gasteiger partial charge in [-0.05, 0) is 55.4 Å². The van der Waals surface area contributed by atoms with Gasteiger partial charge in [-0.1, -0.05) is 0 Å². The summed E-state index contributed by atoms with van der Waals surface area (Å²) in [5.41, 5.74) is 1.56. The molecule has 100 valence electrons. The Hall–Kier alpha value is -1.29. The zero-order chi connectivity index (χ0) is 13.2. The highest BCUT2D eigenvalue weighted by atomic mass is 32.1. The van der Waals surface area contributed by atoms with E-state index in [9.17, 15) is 4.79 Å². The quantitative estimate of drug-likeness (QED) is 0.630. The van der Waals surface area contributed by atoms with Gasteiger partial charge in [0.05, 0.1) is 5.16 Å². The largest absolute Gasteiger partial charge is 0.381 e. The van der Waals surface area contributed by atoms with Crippen LogP contribution in [0, 0.1) is 0 Å². The van der Waals surface area contributed by atoms with Gasteiger partial charge in [0, 0.05) is 25.5 Å². The van der Waals surface area contributed by atoms with Gasteiger partial charge >= 0.3 is 0 Å². The number of hydrogen-bond acceptors (Lipinski definition) is 4. The fourth-order valence-electron chi connectivity index (χ4n) is 2.61. The van der Waals surface area contributed by atoms with Crippen molar-refractivity contribution in [2.24, 2.45) is 4.99 Å². The van der Waals surface area contributed by atoms with Crippen molar-refractivity contribution in [1.82, 2.24) is 4.57 Å². The van der Waals surface area contributed by atoms with Gasteiger partial charge in [-0.25, -0.2) is 0 Å². The molecule has 3 rings (SSSR count). The first-order chi connectivity index (χ1) is 9.29. The van der Waals surface area contributed by atoms with Crippen LogP contribution in [0.3, 0.4) is 0 Å². The molecule has 1 aliphatic heterocycles. The first-order valence-electron chi connectivity index (χ1n) is 6.71. The molecule has 0 aromatic carbocycles. The number of ether oxygens (including phenoxy) is 1. The van der Waals surface area contributed by atoms with Gasteiger partial charge in [0.1, 0.15) is 5.69 Å². The van der Waals surface area contributed by atoms with E-state index in [1.807, 2.05) is 16.8 Å². The standard InChI is InChI=1S/C14H16N2O2S/c17-14-13(15-9-19)7-11(10-1-2-10)8-16(14)12-3-5-18-6-4-12/h7-8,10,12H,1-6H2. The van der Waals surface area contributed by atoms with Crippen molar-refractivity contribution in [2.75, 3.05) is 13.2 Å². The maximum atomic E-state index is 12.4. The maximum absolute atomic E-state index is 12.4. The van der Waals surface area contributed by atoms with Gasteiger partial charge in [0.15, 0.2) is 0 Å². The van der Waals surface area contributed by atoms with Crippen LogP contribution >= 0.6 is 12.2 Å². The van der Waals surface area contributed by atoms with Crippen LogP contribution in [-0.2, 0) is 4.74 Å². The van der Waals surface area contributed by atoms with Crippen LogP contribution in [0.15, 0.2) is 22.1 Å². The van der Waals surface area contributed by atoms with E-state index in [1.54, 1.807) is 0 Å². The summed E-state index contributed by atoms with van der Waals surface area (Å²) in [5, 5.41) is 2.31. The molecule has 1 aromatic rings. The zero-order valence-corrected chi connectivity index (χ0v) is 11.5. The molecule has 0 amide bonds. The number of thiocarbonyl (C=S) groups is 1. The minimum atomic E-state index is -0.0614. The van der Waals surface area contributed by atoms with E-state index in [0.717, 1.165) is 26.1 Å². The van der Waals surface area contributed by atoms with E-state index < -0.39 is 0 Å². The molecule has 2 fully saturated rings. The number of rotatable bonds is 3. The first kappa shape index (κ1) is 12.7. The van der Waals surface area contributed by atoms with E-state index in [4.69, 9.17) is 4.74 Å². The Labute approximate surface area is 117 Å². The highest BCUT2D eigenvalue weighted by Gasteiger charge is 2.26. The number of nitrogens with zero attached hydrogens (tertiary/aromatic N) is 2. The summed E-state index contributed by atoms with van der Waals surface area (Å²) in [6.07, 6.45) is 6.18. The Balaban J connectivity index is 2.05. The lowest BCUT2D eigenvalue weighted by Crippen LogP contribution is -2.29. The summed E-state index contributed by atoms with van der Waals surface area (Å²) >= 11 is 4.63. The average molecular weight is 276 g/mol. The second kappa shape index (κ2) is 5.37. The van der Waals surface area contributed by atoms with Gasteiger partial charge in [-0.2, -0.15) is 4.99 Å². The van der Waals surface area contributed by atoms with Crippen LogP contribution in [0.5, 0.6) is 0 Å². The lowest BCUT2D eigenvalue weighted by molar-refractivity contribution is 0.0686. The molecule has 0 N–H and O–H groups in total. The number of aliphatic imine (C=N–C) groups is 1. The Morgan fingerprint density at radius 1 is 1.32 bits per heavy atom. The van der Waals surface area contributed by atoms with Crippen molar-refractivity contribution < 1.29 is 4.74 Å². The lowest BCUT2D eigenvalue weighted by atomic mass is 10.1. The molecule has 0 unspecified atom stereocenters. The second-order valence-electron chi connectivity index (χ2n) is 5.19. The van der Waals surface area contributed by atoms with Crippen LogP contribution < -0.4 is 5.56 Å². The average Bonchev–Trinajstić information content (AvgIpc) is 3.27. The van der Waals surface area contributed by atoms with E-state index >= 15 is 0 Å². The Bertz CT molecular complexity index is 580. The first-order valence-corrected chi connectivity index (χ1v) is 7.12. The van der Waals surface area contributed by atoms with Gasteiger partial charge in [0.2, 0.25) is 0 Å². The van der Waals surface area contributed by atoms with Crippen LogP contribution in [0.1, 0.15) is 43.2 Å². The predicted molar refractivity (Wildman–Crippen MR) is 76.5 cm³/mol. The number of hydrogen-bond donors (Lipinski definition) is 0. The third kappa shape index (κ3) is 2.68. The fourth-order valence-corrected chi connectivity index (χ4v) is 2.71. The van der Waals surface area contributed by atoms with E-state index in [1.165, 1.54) is 18.4 Å². The second-order valence-corrected chi connectivity index (χ2v) is 5.37. The SMILES string of the molecule is O=c1c(N=C=S)cc(C2CC2)cn1C1CCOCC1. The number of aromatic nitrogens is 1. The normalized spacial score (nSPS) is 20.0. The molecule has 1 aliphatic carbocycles. The minimum absolute atomic E-state index is 0.0614. The lowest BCUT2D eigenvalue weighted by Gasteiger charge is -2.25. The van der Waals surface area contributed by atoms with Crippen molar-refractivity contribution in [3.05, 3.63) is 28.2 Å². The predicted octanol–water partition coefficient (Wildman–Crippen LogP) is 2.81. The van der Waals surface area contributed by atoms with E-state index in [0.29, 0.717) is 11.6 Å². The molecular weight excluding hydrogens is 260 g/mol. The molecule has 0 radical (unpaired) electrons. The summed E-state index contributed by atoms with van der Waals surface area (Å²) in [5.74, 6) is 0.589. The molecule has 1 saturated carbocycles. The molecule has 19 heavy (non-hydrogen) atoms. The van der Waals surface area contributed by atoms with Gasteiger partial charge < -0.3 is 9.30 Å². The summed E-state index contributed by atoms with van der Waals surface area (Å²) in [6, 6.07) is 2.09. The van der Waals surface area contributed by atoms with Crippen LogP contribution in [0.25, 0.3) is 0 Å². The molecule has 1 saturated heterocycles. The van der Waals surface area contributed by atoms with Crippen molar-refractivity contribution in [3.63, 3.8) is 0 Å². The molecule has 1 aromatic heterocycles. The molecule has 4 nitrogen and oxygen atoms in total. The maximum Gasteiger partial charge on any atom is 0.277 e. The molecule has 0 atom stereocenters. The highest BCUT2D eigenvalue weighted by Crippen LogP contribution is 2.40. The Morgan fingerprint density at radius 2 is 2.05 bits per heavy atom. The van der Waals surface area contributed by atoms with Crippen LogP contribution in [-0.4, -0.2) is 22.9 Å². The topological polar surface area (TPSA) is 43.6 Å². The summed E-state index contributed by atoms with van der Waals surface area (Å²) in [7, 11) is 0. The molecule has 0 bridgehead atoms. The molecular formula is C14H16N2O2S. The Morgan fingerprint density at radius 3 is 2.68 bits per heavy atom. The molecule has 5 heteroatoms. The smallest absolute Gasteiger partial charge is 0.277 e.